The molecule has 0 aliphatic heterocycles. The predicted octanol–water partition coefficient (Wildman–Crippen LogP) is 2.38. The van der Waals surface area contributed by atoms with Crippen LogP contribution in [0.15, 0.2) is 71.3 Å². The van der Waals surface area contributed by atoms with Gasteiger partial charge in [-0.3, -0.25) is 4.99 Å². The lowest BCUT2D eigenvalue weighted by molar-refractivity contribution is 0.589. The summed E-state index contributed by atoms with van der Waals surface area (Å²) >= 11 is 0. The number of sulfonamides is 1. The smallest absolute Gasteiger partial charge is 0.241 e. The zero-order chi connectivity index (χ0) is 20.1. The van der Waals surface area contributed by atoms with Gasteiger partial charge in [-0.15, -0.1) is 5.10 Å². The molecular formula is C19H20N6O2S. The minimum atomic E-state index is -3.71. The van der Waals surface area contributed by atoms with Crippen LogP contribution >= 0.6 is 0 Å². The van der Waals surface area contributed by atoms with Crippen molar-refractivity contribution >= 4 is 33.4 Å². The Morgan fingerprint density at radius 1 is 1.29 bits per heavy atom. The Kier molecular flexibility index (Phi) is 5.67. The summed E-state index contributed by atoms with van der Waals surface area (Å²) in [6.45, 7) is 5.62. The van der Waals surface area contributed by atoms with Gasteiger partial charge in [0.25, 0.3) is 0 Å². The van der Waals surface area contributed by atoms with E-state index in [1.807, 2.05) is 43.3 Å². The summed E-state index contributed by atoms with van der Waals surface area (Å²) in [5.74, 6) is 0.196. The van der Waals surface area contributed by atoms with Crippen molar-refractivity contribution in [2.24, 2.45) is 4.99 Å². The van der Waals surface area contributed by atoms with Gasteiger partial charge in [0.15, 0.2) is 5.65 Å². The van der Waals surface area contributed by atoms with E-state index in [2.05, 4.69) is 26.4 Å². The number of pyridine rings is 1. The molecule has 0 aliphatic carbocycles. The molecule has 0 bridgehead atoms. The predicted molar refractivity (Wildman–Crippen MR) is 111 cm³/mol. The van der Waals surface area contributed by atoms with Crippen LogP contribution in [-0.4, -0.2) is 29.2 Å². The van der Waals surface area contributed by atoms with Crippen LogP contribution in [0.2, 0.25) is 0 Å². The lowest BCUT2D eigenvalue weighted by atomic mass is 10.1. The van der Waals surface area contributed by atoms with Crippen LogP contribution in [0.3, 0.4) is 0 Å². The van der Waals surface area contributed by atoms with E-state index in [-0.39, 0.29) is 17.4 Å². The summed E-state index contributed by atoms with van der Waals surface area (Å²) in [7, 11) is -3.71. The average Bonchev–Trinajstić information content (AvgIpc) is 3.06. The normalized spacial score (nSPS) is 12.7. The molecule has 2 aromatic heterocycles. The Hall–Kier alpha value is -3.30. The molecule has 144 valence electrons. The topological polar surface area (TPSA) is 115 Å². The van der Waals surface area contributed by atoms with Crippen molar-refractivity contribution in [3.05, 3.63) is 77.5 Å². The van der Waals surface area contributed by atoms with Crippen LogP contribution < -0.4 is 10.5 Å². The molecule has 3 aromatic rings. The summed E-state index contributed by atoms with van der Waals surface area (Å²) < 4.78 is 28.6. The van der Waals surface area contributed by atoms with Crippen LogP contribution in [-0.2, 0) is 16.6 Å². The van der Waals surface area contributed by atoms with E-state index in [0.717, 1.165) is 16.7 Å². The molecule has 28 heavy (non-hydrogen) atoms. The summed E-state index contributed by atoms with van der Waals surface area (Å²) in [4.78, 5) is 8.02. The number of nitrogens with two attached hydrogens (primary N) is 1. The second kappa shape index (κ2) is 8.15. The van der Waals surface area contributed by atoms with E-state index in [4.69, 9.17) is 5.73 Å². The van der Waals surface area contributed by atoms with Crippen molar-refractivity contribution in [2.45, 2.75) is 13.5 Å². The molecule has 0 atom stereocenters. The quantitative estimate of drug-likeness (QED) is 0.595. The monoisotopic (exact) mass is 396 g/mol. The molecule has 0 saturated carbocycles. The van der Waals surface area contributed by atoms with Crippen LogP contribution in [0.4, 0.5) is 5.95 Å². The van der Waals surface area contributed by atoms with Crippen molar-refractivity contribution in [1.82, 2.24) is 19.3 Å². The molecule has 1 aromatic carbocycles. The summed E-state index contributed by atoms with van der Waals surface area (Å²) in [6, 6.07) is 12.9. The van der Waals surface area contributed by atoms with Crippen LogP contribution in [0.5, 0.6) is 0 Å². The summed E-state index contributed by atoms with van der Waals surface area (Å²) in [5.41, 5.74) is 8.74. The highest BCUT2D eigenvalue weighted by molar-refractivity contribution is 7.94. The molecule has 0 unspecified atom stereocenters. The fourth-order valence-corrected chi connectivity index (χ4v) is 3.12. The Labute approximate surface area is 163 Å². The van der Waals surface area contributed by atoms with Gasteiger partial charge in [0.05, 0.1) is 4.91 Å². The fourth-order valence-electron chi connectivity index (χ4n) is 2.38. The highest BCUT2D eigenvalue weighted by Crippen LogP contribution is 2.15. The van der Waals surface area contributed by atoms with Gasteiger partial charge in [-0.25, -0.2) is 17.7 Å². The second-order valence-corrected chi connectivity index (χ2v) is 7.88. The number of anilines is 1. The third-order valence-corrected chi connectivity index (χ3v) is 5.26. The highest BCUT2D eigenvalue weighted by atomic mass is 32.2. The van der Waals surface area contributed by atoms with Crippen molar-refractivity contribution in [3.8, 4) is 0 Å². The molecule has 3 N–H and O–H groups in total. The number of hydrogen-bond donors (Lipinski definition) is 2. The van der Waals surface area contributed by atoms with Crippen molar-refractivity contribution in [1.29, 1.82) is 0 Å². The SMILES string of the molecule is C=C(C=N/C=C(\C)c1ccc2nc(N)nn2c1)S(=O)(=O)NCc1ccccc1. The van der Waals surface area contributed by atoms with Gasteiger partial charge in [-0.05, 0) is 35.8 Å². The first kappa shape index (κ1) is 19.5. The highest BCUT2D eigenvalue weighted by Gasteiger charge is 2.12. The third-order valence-electron chi connectivity index (χ3n) is 3.94. The lowest BCUT2D eigenvalue weighted by Gasteiger charge is -2.06. The van der Waals surface area contributed by atoms with Gasteiger partial charge < -0.3 is 5.73 Å². The first-order chi connectivity index (χ1) is 13.3. The van der Waals surface area contributed by atoms with Gasteiger partial charge in [0, 0.05) is 25.2 Å². The van der Waals surface area contributed by atoms with E-state index < -0.39 is 10.0 Å². The van der Waals surface area contributed by atoms with Gasteiger partial charge in [-0.1, -0.05) is 36.9 Å². The Balaban J connectivity index is 1.66. The lowest BCUT2D eigenvalue weighted by Crippen LogP contribution is -2.24. The third kappa shape index (κ3) is 4.70. The molecule has 0 amide bonds. The maximum atomic E-state index is 12.2. The standard InChI is InChI=1S/C19H20N6O2S/c1-14(17-8-9-18-23-19(20)24-25(18)13-17)10-21-11-15(2)28(26,27)22-12-16-6-4-3-5-7-16/h3-11,13,22H,2,12H2,1H3,(H2,20,24)/b14-10+,21-11?. The molecule has 0 radical (unpaired) electrons. The van der Waals surface area contributed by atoms with Gasteiger partial charge in [0.1, 0.15) is 0 Å². The molecule has 9 heteroatoms. The number of hydrogen-bond acceptors (Lipinski definition) is 6. The van der Waals surface area contributed by atoms with E-state index in [1.165, 1.54) is 6.21 Å². The Morgan fingerprint density at radius 3 is 2.79 bits per heavy atom. The number of allylic oxidation sites excluding steroid dienone is 2. The maximum Gasteiger partial charge on any atom is 0.241 e. The van der Waals surface area contributed by atoms with Crippen molar-refractivity contribution in [3.63, 3.8) is 0 Å². The Morgan fingerprint density at radius 2 is 2.04 bits per heavy atom. The zero-order valence-electron chi connectivity index (χ0n) is 15.3. The largest absolute Gasteiger partial charge is 0.366 e. The number of nitrogens with zero attached hydrogens (tertiary/aromatic N) is 4. The maximum absolute atomic E-state index is 12.2. The fraction of sp³-hybridized carbons (Fsp3) is 0.105. The first-order valence-corrected chi connectivity index (χ1v) is 9.88. The van der Waals surface area contributed by atoms with Crippen molar-refractivity contribution < 1.29 is 8.42 Å². The molecule has 0 saturated heterocycles. The minimum absolute atomic E-state index is 0.119. The average molecular weight is 396 g/mol. The van der Waals surface area contributed by atoms with Crippen LogP contribution in [0.1, 0.15) is 18.1 Å². The number of aliphatic imine (C=N–C) groups is 1. The van der Waals surface area contributed by atoms with Crippen molar-refractivity contribution in [2.75, 3.05) is 5.73 Å². The summed E-state index contributed by atoms with van der Waals surface area (Å²) in [5, 5.41) is 4.06. The number of fused-ring (bicyclic) bond motifs is 1. The Bertz CT molecular complexity index is 1160. The number of nitrogens with one attached hydrogen (secondary N) is 1. The zero-order valence-corrected chi connectivity index (χ0v) is 16.1. The molecular weight excluding hydrogens is 376 g/mol. The minimum Gasteiger partial charge on any atom is -0.366 e. The van der Waals surface area contributed by atoms with Gasteiger partial charge in [-0.2, -0.15) is 4.98 Å². The van der Waals surface area contributed by atoms with Crippen LogP contribution in [0, 0.1) is 0 Å². The van der Waals surface area contributed by atoms with Gasteiger partial charge >= 0.3 is 0 Å². The first-order valence-electron chi connectivity index (χ1n) is 8.40. The molecule has 0 fully saturated rings. The molecule has 3 rings (SSSR count). The van der Waals surface area contributed by atoms with E-state index >= 15 is 0 Å². The van der Waals surface area contributed by atoms with Gasteiger partial charge in [0.2, 0.25) is 16.0 Å². The molecule has 0 aliphatic rings. The van der Waals surface area contributed by atoms with Crippen LogP contribution in [0.25, 0.3) is 11.2 Å². The van der Waals surface area contributed by atoms with E-state index in [0.29, 0.717) is 5.65 Å². The second-order valence-electron chi connectivity index (χ2n) is 6.06. The number of aromatic nitrogens is 3. The van der Waals surface area contributed by atoms with E-state index in [9.17, 15) is 8.42 Å². The number of nitrogen functional groups attached to an aromatic ring is 1. The molecule has 8 nitrogen and oxygen atoms in total. The summed E-state index contributed by atoms with van der Waals surface area (Å²) in [6.07, 6.45) is 4.54. The molecule has 2 heterocycles. The number of rotatable bonds is 7. The van der Waals surface area contributed by atoms with E-state index in [1.54, 1.807) is 23.0 Å². The molecule has 0 spiro atoms. The number of benzene rings is 1.